The summed E-state index contributed by atoms with van der Waals surface area (Å²) in [6, 6.07) is 0. The van der Waals surface area contributed by atoms with Crippen LogP contribution < -0.4 is 0 Å². The van der Waals surface area contributed by atoms with E-state index in [0.29, 0.717) is 0 Å². The summed E-state index contributed by atoms with van der Waals surface area (Å²) in [4.78, 5) is 1.87. The van der Waals surface area contributed by atoms with Gasteiger partial charge in [0.2, 0.25) is 0 Å². The second-order valence-electron chi connectivity index (χ2n) is 2.09. The zero-order valence-electron chi connectivity index (χ0n) is 6.39. The van der Waals surface area contributed by atoms with Gasteiger partial charge in [0.25, 0.3) is 0 Å². The van der Waals surface area contributed by atoms with Crippen LogP contribution in [0.1, 0.15) is 0 Å². The average molecular weight is 136 g/mol. The Morgan fingerprint density at radius 3 is 2.50 bits per heavy atom. The topological polar surface area (TPSA) is 27.1 Å². The molecule has 2 heteroatoms. The highest BCUT2D eigenvalue weighted by atomic mass is 15.0. The molecule has 0 amide bonds. The van der Waals surface area contributed by atoms with Crippen molar-refractivity contribution in [1.82, 2.24) is 4.90 Å². The Bertz CT molecular complexity index is 183. The molecule has 0 heterocycles. The van der Waals surface area contributed by atoms with Gasteiger partial charge in [0.1, 0.15) is 0 Å². The van der Waals surface area contributed by atoms with Crippen LogP contribution in [0.25, 0.3) is 0 Å². The van der Waals surface area contributed by atoms with Crippen LogP contribution in [0.15, 0.2) is 30.2 Å². The average Bonchev–Trinajstić information content (AvgIpc) is 1.86. The third-order valence-electron chi connectivity index (χ3n) is 0.843. The van der Waals surface area contributed by atoms with Gasteiger partial charge in [-0.05, 0) is 6.08 Å². The quantitative estimate of drug-likeness (QED) is 0.354. The van der Waals surface area contributed by atoms with E-state index >= 15 is 0 Å². The molecule has 0 atom stereocenters. The van der Waals surface area contributed by atoms with Crippen molar-refractivity contribution in [2.24, 2.45) is 0 Å². The molecule has 0 aromatic carbocycles. The molecule has 0 fully saturated rings. The molecule has 2 nitrogen and oxygen atoms in total. The number of hydrogen-bond acceptors (Lipinski definition) is 2. The molecule has 0 saturated heterocycles. The van der Waals surface area contributed by atoms with Gasteiger partial charge in [0, 0.05) is 32.1 Å². The first kappa shape index (κ1) is 8.73. The molecule has 0 aromatic heterocycles. The minimum absolute atomic E-state index is 0.792. The highest BCUT2D eigenvalue weighted by Crippen LogP contribution is 1.91. The minimum Gasteiger partial charge on any atom is -0.383 e. The van der Waals surface area contributed by atoms with Crippen LogP contribution in [0.4, 0.5) is 0 Å². The van der Waals surface area contributed by atoms with Crippen LogP contribution in [0, 0.1) is 5.41 Å². The first-order valence-corrected chi connectivity index (χ1v) is 2.95. The Hall–Kier alpha value is -1.27. The maximum atomic E-state index is 6.94. The highest BCUT2D eigenvalue weighted by molar-refractivity contribution is 5.79. The van der Waals surface area contributed by atoms with Crippen molar-refractivity contribution < 1.29 is 0 Å². The van der Waals surface area contributed by atoms with Gasteiger partial charge < -0.3 is 10.3 Å². The largest absolute Gasteiger partial charge is 0.383 e. The summed E-state index contributed by atoms with van der Waals surface area (Å²) >= 11 is 0. The molecular formula is C8H12N2. The lowest BCUT2D eigenvalue weighted by Gasteiger charge is -2.03. The van der Waals surface area contributed by atoms with E-state index in [4.69, 9.17) is 5.41 Å². The lowest BCUT2D eigenvalue weighted by atomic mass is 10.3. The third kappa shape index (κ3) is 3.70. The lowest BCUT2D eigenvalue weighted by molar-refractivity contribution is 0.562. The van der Waals surface area contributed by atoms with Crippen molar-refractivity contribution >= 4 is 6.21 Å². The van der Waals surface area contributed by atoms with Gasteiger partial charge >= 0.3 is 0 Å². The van der Waals surface area contributed by atoms with Crippen LogP contribution in [-0.2, 0) is 0 Å². The van der Waals surface area contributed by atoms with Crippen LogP contribution in [0.2, 0.25) is 0 Å². The van der Waals surface area contributed by atoms with Gasteiger partial charge in [-0.3, -0.25) is 0 Å². The highest BCUT2D eigenvalue weighted by Gasteiger charge is 1.84. The Morgan fingerprint density at radius 1 is 1.60 bits per heavy atom. The van der Waals surface area contributed by atoms with Crippen molar-refractivity contribution in [2.75, 3.05) is 14.1 Å². The van der Waals surface area contributed by atoms with E-state index in [0.717, 1.165) is 5.57 Å². The van der Waals surface area contributed by atoms with Gasteiger partial charge in [-0.25, -0.2) is 0 Å². The van der Waals surface area contributed by atoms with Gasteiger partial charge in [0.15, 0.2) is 0 Å². The van der Waals surface area contributed by atoms with E-state index in [2.05, 4.69) is 12.3 Å². The van der Waals surface area contributed by atoms with Crippen molar-refractivity contribution in [3.05, 3.63) is 30.2 Å². The fourth-order valence-corrected chi connectivity index (χ4v) is 0.532. The molecular weight excluding hydrogens is 124 g/mol. The molecule has 54 valence electrons. The molecule has 0 radical (unpaired) electrons. The summed E-state index contributed by atoms with van der Waals surface area (Å²) in [5.74, 6) is 0. The second-order valence-corrected chi connectivity index (χ2v) is 2.09. The molecule has 0 saturated carbocycles. The number of nitrogens with one attached hydrogen (secondary N) is 1. The summed E-state index contributed by atoms with van der Waals surface area (Å²) in [5, 5.41) is 6.94. The molecule has 10 heavy (non-hydrogen) atoms. The Morgan fingerprint density at radius 2 is 2.20 bits per heavy atom. The molecule has 0 aliphatic rings. The lowest BCUT2D eigenvalue weighted by Crippen LogP contribution is -2.02. The number of allylic oxidation sites excluding steroid dienone is 2. The molecule has 1 N–H and O–H groups in total. The maximum absolute atomic E-state index is 6.94. The van der Waals surface area contributed by atoms with E-state index in [1.165, 1.54) is 6.21 Å². The van der Waals surface area contributed by atoms with Crippen LogP contribution >= 0.6 is 0 Å². The van der Waals surface area contributed by atoms with Crippen molar-refractivity contribution in [1.29, 1.82) is 5.41 Å². The predicted molar refractivity (Wildman–Crippen MR) is 44.3 cm³/mol. The predicted octanol–water partition coefficient (Wildman–Crippen LogP) is 1.42. The first-order chi connectivity index (χ1) is 4.70. The standard InChI is InChI=1S/C8H12N2/c1-4-5-8(6-9)7-10(2)3/h5-7,9H,1H2,2-3H3/b8-7-,9-6?. The van der Waals surface area contributed by atoms with Crippen molar-refractivity contribution in [3.8, 4) is 0 Å². The van der Waals surface area contributed by atoms with E-state index in [-0.39, 0.29) is 0 Å². The van der Waals surface area contributed by atoms with Crippen LogP contribution in [-0.4, -0.2) is 25.2 Å². The Balaban J connectivity index is 4.32. The Labute approximate surface area is 61.7 Å². The summed E-state index contributed by atoms with van der Waals surface area (Å²) in [5.41, 5.74) is 3.39. The van der Waals surface area contributed by atoms with Gasteiger partial charge in [-0.2, -0.15) is 0 Å². The third-order valence-corrected chi connectivity index (χ3v) is 0.843. The zero-order chi connectivity index (χ0) is 7.98. The molecule has 0 bridgehead atoms. The fourth-order valence-electron chi connectivity index (χ4n) is 0.532. The van der Waals surface area contributed by atoms with Gasteiger partial charge in [-0.1, -0.05) is 6.58 Å². The van der Waals surface area contributed by atoms with E-state index in [1.807, 2.05) is 25.2 Å². The van der Waals surface area contributed by atoms with Crippen LogP contribution in [0.5, 0.6) is 0 Å². The van der Waals surface area contributed by atoms with Gasteiger partial charge in [-0.15, -0.1) is 5.73 Å². The molecule has 0 aliphatic heterocycles. The van der Waals surface area contributed by atoms with Crippen LogP contribution in [0.3, 0.4) is 0 Å². The summed E-state index contributed by atoms with van der Waals surface area (Å²) in [6.07, 6.45) is 4.75. The summed E-state index contributed by atoms with van der Waals surface area (Å²) in [7, 11) is 3.81. The molecule has 0 rings (SSSR count). The fraction of sp³-hybridized carbons (Fsp3) is 0.250. The molecule has 0 aromatic rings. The normalized spacial score (nSPS) is 10.0. The first-order valence-electron chi connectivity index (χ1n) is 2.95. The van der Waals surface area contributed by atoms with E-state index < -0.39 is 0 Å². The number of hydrogen-bond donors (Lipinski definition) is 1. The van der Waals surface area contributed by atoms with Crippen molar-refractivity contribution in [3.63, 3.8) is 0 Å². The molecule has 0 spiro atoms. The zero-order valence-corrected chi connectivity index (χ0v) is 6.39. The number of rotatable bonds is 3. The number of nitrogens with zero attached hydrogens (tertiary/aromatic N) is 1. The maximum Gasteiger partial charge on any atom is 0.0271 e. The van der Waals surface area contributed by atoms with E-state index in [1.54, 1.807) is 6.08 Å². The molecule has 0 unspecified atom stereocenters. The summed E-state index contributed by atoms with van der Waals surface area (Å²) < 4.78 is 0. The monoisotopic (exact) mass is 136 g/mol. The van der Waals surface area contributed by atoms with E-state index in [9.17, 15) is 0 Å². The second kappa shape index (κ2) is 4.59. The molecule has 0 aliphatic carbocycles. The SMILES string of the molecule is C=C=C/C(C=N)=C/N(C)C. The minimum atomic E-state index is 0.792. The van der Waals surface area contributed by atoms with Crippen molar-refractivity contribution in [2.45, 2.75) is 0 Å². The smallest absolute Gasteiger partial charge is 0.0271 e. The Kier molecular flexibility index (Phi) is 4.01. The van der Waals surface area contributed by atoms with Gasteiger partial charge in [0.05, 0.1) is 0 Å². The summed E-state index contributed by atoms with van der Waals surface area (Å²) in [6.45, 7) is 3.41.